The largest absolute Gasteiger partial charge is 0.294 e. The molecule has 0 unspecified atom stereocenters. The maximum Gasteiger partial charge on any atom is 0.204 e. The highest BCUT2D eigenvalue weighted by molar-refractivity contribution is 5.98. The molecule has 1 aromatic carbocycles. The third-order valence-electron chi connectivity index (χ3n) is 4.82. The Balaban J connectivity index is 1.58. The number of carbonyl (C=O) groups excluding carboxylic acids is 1. The Morgan fingerprint density at radius 3 is 2.52 bits per heavy atom. The zero-order valence-corrected chi connectivity index (χ0v) is 16.5. The number of carbonyl (C=O) groups is 1. The van der Waals surface area contributed by atoms with E-state index in [0.717, 1.165) is 33.5 Å². The van der Waals surface area contributed by atoms with Crippen LogP contribution in [0.25, 0.3) is 22.5 Å². The van der Waals surface area contributed by atoms with Crippen LogP contribution in [0.4, 0.5) is 0 Å². The molecule has 4 rings (SSSR count). The first-order valence-electron chi connectivity index (χ1n) is 9.25. The minimum absolute atomic E-state index is 0.0164. The molecule has 4 aromatic rings. The first kappa shape index (κ1) is 18.6. The van der Waals surface area contributed by atoms with Crippen molar-refractivity contribution in [2.75, 3.05) is 0 Å². The molecular formula is C22H20N6O. The van der Waals surface area contributed by atoms with Crippen molar-refractivity contribution in [3.8, 4) is 22.5 Å². The molecule has 29 heavy (non-hydrogen) atoms. The average molecular weight is 384 g/mol. The highest BCUT2D eigenvalue weighted by Crippen LogP contribution is 2.27. The first-order valence-corrected chi connectivity index (χ1v) is 9.25. The molecule has 7 nitrogen and oxygen atoms in total. The lowest BCUT2D eigenvalue weighted by Gasteiger charge is -2.09. The minimum Gasteiger partial charge on any atom is -0.294 e. The summed E-state index contributed by atoms with van der Waals surface area (Å²) >= 11 is 0. The van der Waals surface area contributed by atoms with Gasteiger partial charge in [-0.15, -0.1) is 10.2 Å². The van der Waals surface area contributed by atoms with Crippen molar-refractivity contribution >= 4 is 5.78 Å². The Kier molecular flexibility index (Phi) is 4.95. The van der Waals surface area contributed by atoms with Crippen LogP contribution in [-0.2, 0) is 13.5 Å². The molecule has 0 N–H and O–H groups in total. The summed E-state index contributed by atoms with van der Waals surface area (Å²) in [5, 5.41) is 12.2. The monoisotopic (exact) mass is 384 g/mol. The van der Waals surface area contributed by atoms with Crippen molar-refractivity contribution in [1.82, 2.24) is 30.2 Å². The summed E-state index contributed by atoms with van der Waals surface area (Å²) in [6.45, 7) is 3.96. The molecule has 3 heterocycles. The second-order valence-electron chi connectivity index (χ2n) is 6.96. The number of aryl methyl sites for hydroxylation is 3. The van der Waals surface area contributed by atoms with Crippen LogP contribution in [0.15, 0.2) is 55.0 Å². The summed E-state index contributed by atoms with van der Waals surface area (Å²) in [7, 11) is 1.74. The zero-order chi connectivity index (χ0) is 20.4. The van der Waals surface area contributed by atoms with Gasteiger partial charge in [-0.2, -0.15) is 4.80 Å². The van der Waals surface area contributed by atoms with E-state index in [2.05, 4.69) is 25.4 Å². The van der Waals surface area contributed by atoms with Gasteiger partial charge in [-0.05, 0) is 54.0 Å². The average Bonchev–Trinajstić information content (AvgIpc) is 3.16. The van der Waals surface area contributed by atoms with Crippen molar-refractivity contribution < 1.29 is 4.79 Å². The van der Waals surface area contributed by atoms with E-state index < -0.39 is 0 Å². The quantitative estimate of drug-likeness (QED) is 0.490. The smallest absolute Gasteiger partial charge is 0.204 e. The fourth-order valence-electron chi connectivity index (χ4n) is 3.18. The van der Waals surface area contributed by atoms with Gasteiger partial charge in [-0.1, -0.05) is 18.2 Å². The van der Waals surface area contributed by atoms with Gasteiger partial charge in [0.25, 0.3) is 0 Å². The minimum atomic E-state index is 0.0164. The number of rotatable bonds is 5. The Labute approximate surface area is 168 Å². The molecule has 0 aliphatic rings. The van der Waals surface area contributed by atoms with Crippen LogP contribution in [0.3, 0.4) is 0 Å². The lowest BCUT2D eigenvalue weighted by molar-refractivity contribution is 0.0991. The summed E-state index contributed by atoms with van der Waals surface area (Å²) in [5.41, 5.74) is 6.32. The number of benzene rings is 1. The van der Waals surface area contributed by atoms with Gasteiger partial charge in [0, 0.05) is 41.0 Å². The second kappa shape index (κ2) is 7.71. The summed E-state index contributed by atoms with van der Waals surface area (Å²) in [4.78, 5) is 22.5. The van der Waals surface area contributed by atoms with Crippen molar-refractivity contribution in [3.05, 3.63) is 77.4 Å². The van der Waals surface area contributed by atoms with E-state index in [4.69, 9.17) is 0 Å². The molecule has 0 amide bonds. The fraction of sp³-hybridized carbons (Fsp3) is 0.182. The summed E-state index contributed by atoms with van der Waals surface area (Å²) < 4.78 is 0. The molecule has 0 fully saturated rings. The number of aromatic nitrogens is 6. The van der Waals surface area contributed by atoms with Crippen LogP contribution >= 0.6 is 0 Å². The van der Waals surface area contributed by atoms with Crippen molar-refractivity contribution in [1.29, 1.82) is 0 Å². The third kappa shape index (κ3) is 3.94. The van der Waals surface area contributed by atoms with E-state index in [0.29, 0.717) is 11.4 Å². The fourth-order valence-corrected chi connectivity index (χ4v) is 3.18. The molecular weight excluding hydrogens is 364 g/mol. The standard InChI is InChI=1S/C22H20N6O/c1-14-4-5-16(22-25-27-28(3)26-22)10-19(14)17-6-7-18(24-12-17)11-21(29)20-13-23-9-8-15(20)2/h4-10,12-13H,11H2,1-3H3. The lowest BCUT2D eigenvalue weighted by atomic mass is 9.98. The maximum atomic E-state index is 12.5. The molecule has 0 aliphatic heterocycles. The number of pyridine rings is 2. The number of Topliss-reactive ketones (excluding diaryl/α,β-unsaturated/α-hetero) is 1. The molecule has 7 heteroatoms. The van der Waals surface area contributed by atoms with Crippen LogP contribution in [0, 0.1) is 13.8 Å². The highest BCUT2D eigenvalue weighted by Gasteiger charge is 2.12. The van der Waals surface area contributed by atoms with Crippen molar-refractivity contribution in [2.45, 2.75) is 20.3 Å². The van der Waals surface area contributed by atoms with E-state index in [1.54, 1.807) is 25.6 Å². The Hall–Kier alpha value is -3.74. The van der Waals surface area contributed by atoms with Gasteiger partial charge in [-0.25, -0.2) is 0 Å². The second-order valence-corrected chi connectivity index (χ2v) is 6.96. The molecule has 0 saturated carbocycles. The third-order valence-corrected chi connectivity index (χ3v) is 4.82. The molecule has 144 valence electrons. The first-order chi connectivity index (χ1) is 14.0. The molecule has 0 aliphatic carbocycles. The van der Waals surface area contributed by atoms with Crippen LogP contribution in [-0.4, -0.2) is 36.0 Å². The summed E-state index contributed by atoms with van der Waals surface area (Å²) in [6.07, 6.45) is 5.35. The SMILES string of the molecule is Cc1ccncc1C(=O)Cc1ccc(-c2cc(-c3nnn(C)n3)ccc2C)cn1. The molecule has 0 bridgehead atoms. The van der Waals surface area contributed by atoms with Gasteiger partial charge >= 0.3 is 0 Å². The van der Waals surface area contributed by atoms with Gasteiger partial charge in [0.1, 0.15) is 0 Å². The van der Waals surface area contributed by atoms with Gasteiger partial charge in [0.2, 0.25) is 5.82 Å². The Morgan fingerprint density at radius 2 is 1.83 bits per heavy atom. The van der Waals surface area contributed by atoms with E-state index in [-0.39, 0.29) is 12.2 Å². The normalized spacial score (nSPS) is 10.9. The lowest BCUT2D eigenvalue weighted by Crippen LogP contribution is -2.07. The molecule has 0 spiro atoms. The maximum absolute atomic E-state index is 12.5. The van der Waals surface area contributed by atoms with Gasteiger partial charge < -0.3 is 0 Å². The predicted octanol–water partition coefficient (Wildman–Crippen LogP) is 3.38. The van der Waals surface area contributed by atoms with E-state index in [1.807, 2.05) is 50.2 Å². The van der Waals surface area contributed by atoms with E-state index in [1.165, 1.54) is 4.80 Å². The molecule has 3 aromatic heterocycles. The Bertz CT molecular complexity index is 1180. The number of tetrazole rings is 1. The number of ketones is 1. The Morgan fingerprint density at radius 1 is 1.00 bits per heavy atom. The highest BCUT2D eigenvalue weighted by atomic mass is 16.1. The number of hydrogen-bond donors (Lipinski definition) is 0. The van der Waals surface area contributed by atoms with Gasteiger partial charge in [0.15, 0.2) is 5.78 Å². The summed E-state index contributed by atoms with van der Waals surface area (Å²) in [5.74, 6) is 0.596. The molecule has 0 atom stereocenters. The van der Waals surface area contributed by atoms with Crippen molar-refractivity contribution in [3.63, 3.8) is 0 Å². The summed E-state index contributed by atoms with van der Waals surface area (Å²) in [6, 6.07) is 11.8. The van der Waals surface area contributed by atoms with Gasteiger partial charge in [-0.3, -0.25) is 14.8 Å². The van der Waals surface area contributed by atoms with Gasteiger partial charge in [0.05, 0.1) is 13.5 Å². The van der Waals surface area contributed by atoms with Crippen LogP contribution < -0.4 is 0 Å². The van der Waals surface area contributed by atoms with Crippen LogP contribution in [0.1, 0.15) is 27.2 Å². The zero-order valence-electron chi connectivity index (χ0n) is 16.5. The van der Waals surface area contributed by atoms with E-state index in [9.17, 15) is 4.79 Å². The number of nitrogens with zero attached hydrogens (tertiary/aromatic N) is 6. The molecule has 0 radical (unpaired) electrons. The topological polar surface area (TPSA) is 86.5 Å². The predicted molar refractivity (Wildman–Crippen MR) is 109 cm³/mol. The van der Waals surface area contributed by atoms with Crippen molar-refractivity contribution in [2.24, 2.45) is 7.05 Å². The van der Waals surface area contributed by atoms with Crippen LogP contribution in [0.5, 0.6) is 0 Å². The number of hydrogen-bond acceptors (Lipinski definition) is 6. The molecule has 0 saturated heterocycles. The van der Waals surface area contributed by atoms with E-state index >= 15 is 0 Å². The van der Waals surface area contributed by atoms with Crippen LogP contribution in [0.2, 0.25) is 0 Å².